The van der Waals surface area contributed by atoms with Gasteiger partial charge in [-0.2, -0.15) is 0 Å². The Morgan fingerprint density at radius 2 is 1.26 bits per heavy atom. The summed E-state index contributed by atoms with van der Waals surface area (Å²) < 4.78 is 4.86. The number of ether oxygens (including phenoxy) is 1. The fourth-order valence-electron chi connectivity index (χ4n) is 0.972. The summed E-state index contributed by atoms with van der Waals surface area (Å²) in [4.78, 5) is 29.3. The first kappa shape index (κ1) is 35.7. The molecule has 0 aromatic rings. The molecule has 0 atom stereocenters. The van der Waals surface area contributed by atoms with Crippen LogP contribution in [0.4, 0.5) is 0 Å². The Balaban J connectivity index is -0.000000161. The van der Waals surface area contributed by atoms with Crippen molar-refractivity contribution >= 4 is 17.9 Å². The van der Waals surface area contributed by atoms with Crippen molar-refractivity contribution in [2.45, 2.75) is 47.0 Å². The Bertz CT molecular complexity index is 500. The summed E-state index contributed by atoms with van der Waals surface area (Å²) in [6.07, 6.45) is 3.52. The smallest absolute Gasteiger partial charge is 0.334 e. The lowest BCUT2D eigenvalue weighted by molar-refractivity contribution is -0.133. The quantitative estimate of drug-likeness (QED) is 0.155. The van der Waals surface area contributed by atoms with Crippen molar-refractivity contribution in [2.24, 2.45) is 5.92 Å². The molecule has 0 heterocycles. The minimum Gasteiger partial charge on any atom is -0.501 e. The summed E-state index contributed by atoms with van der Waals surface area (Å²) >= 11 is 0. The molecule has 0 fully saturated rings. The van der Waals surface area contributed by atoms with Gasteiger partial charge in [-0.05, 0) is 40.0 Å². The van der Waals surface area contributed by atoms with Gasteiger partial charge in [0.2, 0.25) is 0 Å². The molecule has 0 bridgehead atoms. The van der Waals surface area contributed by atoms with Crippen LogP contribution in [0.3, 0.4) is 0 Å². The van der Waals surface area contributed by atoms with Crippen molar-refractivity contribution in [1.29, 1.82) is 0 Å². The maximum absolute atomic E-state index is 10.1. The molecular weight excluding hydrogens is 412 g/mol. The van der Waals surface area contributed by atoms with Gasteiger partial charge in [0.1, 0.15) is 0 Å². The summed E-state index contributed by atoms with van der Waals surface area (Å²) in [5.41, 5.74) is 0.582. The van der Waals surface area contributed by atoms with E-state index in [1.165, 1.54) is 27.0 Å². The molecule has 0 saturated carbocycles. The topological polar surface area (TPSA) is 182 Å². The van der Waals surface area contributed by atoms with Crippen molar-refractivity contribution in [3.8, 4) is 0 Å². The van der Waals surface area contributed by atoms with E-state index < -0.39 is 17.9 Å². The fraction of sp³-hybridized carbons (Fsp3) is 0.571. The number of carboxylic acid groups (broad SMARTS) is 3. The number of carbonyl (C=O) groups is 3. The largest absolute Gasteiger partial charge is 0.501 e. The standard InChI is InChI=1S/C7H12O3.C6H14O3.2C4H6O2/c1-3-4-10-5-6(2)7(8)9;7-3-1-2-6(4-8)5-9;2*1-3(2)4(5)6/h5H,3-4H2,1-2H3,(H,8,9);6-9H,1-5H2;2*1H2,2H3,(H,5,6). The number of hydrogen-bond donors (Lipinski definition) is 6. The molecule has 0 aliphatic carbocycles. The molecule has 10 nitrogen and oxygen atoms in total. The summed E-state index contributed by atoms with van der Waals surface area (Å²) in [5.74, 6) is -2.85. The van der Waals surface area contributed by atoms with Crippen LogP contribution in [0.2, 0.25) is 0 Å². The van der Waals surface area contributed by atoms with Gasteiger partial charge in [0, 0.05) is 36.9 Å². The Kier molecular flexibility index (Phi) is 29.2. The van der Waals surface area contributed by atoms with Gasteiger partial charge in [0.25, 0.3) is 0 Å². The van der Waals surface area contributed by atoms with Crippen LogP contribution in [0.5, 0.6) is 0 Å². The fourth-order valence-corrected chi connectivity index (χ4v) is 0.972. The van der Waals surface area contributed by atoms with Gasteiger partial charge in [-0.1, -0.05) is 20.1 Å². The minimum atomic E-state index is -0.935. The maximum Gasteiger partial charge on any atom is 0.334 e. The molecule has 0 aliphatic rings. The lowest BCUT2D eigenvalue weighted by Gasteiger charge is -2.07. The highest BCUT2D eigenvalue weighted by atomic mass is 16.5. The molecule has 0 spiro atoms. The number of aliphatic hydroxyl groups is 3. The molecule has 0 radical (unpaired) electrons. The Labute approximate surface area is 183 Å². The molecule has 0 aliphatic heterocycles. The first-order valence-electron chi connectivity index (χ1n) is 9.43. The van der Waals surface area contributed by atoms with Crippen LogP contribution in [-0.4, -0.2) is 75.0 Å². The third-order valence-corrected chi connectivity index (χ3v) is 2.94. The third-order valence-electron chi connectivity index (χ3n) is 2.94. The van der Waals surface area contributed by atoms with Gasteiger partial charge in [-0.15, -0.1) is 0 Å². The number of aliphatic carboxylic acids is 3. The van der Waals surface area contributed by atoms with Crippen LogP contribution >= 0.6 is 0 Å². The van der Waals surface area contributed by atoms with Crippen molar-refractivity contribution in [1.82, 2.24) is 0 Å². The van der Waals surface area contributed by atoms with Crippen molar-refractivity contribution in [3.63, 3.8) is 0 Å². The number of hydrogen-bond acceptors (Lipinski definition) is 7. The highest BCUT2D eigenvalue weighted by Gasteiger charge is 2.03. The lowest BCUT2D eigenvalue weighted by atomic mass is 10.1. The van der Waals surface area contributed by atoms with Gasteiger partial charge < -0.3 is 35.4 Å². The van der Waals surface area contributed by atoms with Crippen LogP contribution in [0, 0.1) is 5.92 Å². The second-order valence-corrected chi connectivity index (χ2v) is 6.24. The van der Waals surface area contributed by atoms with E-state index in [0.717, 1.165) is 6.42 Å². The molecule has 0 rings (SSSR count). The summed E-state index contributed by atoms with van der Waals surface area (Å²) in [7, 11) is 0. The van der Waals surface area contributed by atoms with Gasteiger partial charge in [-0.25, -0.2) is 14.4 Å². The van der Waals surface area contributed by atoms with Crippen LogP contribution in [0.1, 0.15) is 47.0 Å². The van der Waals surface area contributed by atoms with Crippen LogP contribution in [-0.2, 0) is 19.1 Å². The van der Waals surface area contributed by atoms with E-state index in [2.05, 4.69) is 13.2 Å². The maximum atomic E-state index is 10.1. The van der Waals surface area contributed by atoms with Crippen molar-refractivity contribution < 1.29 is 49.8 Å². The van der Waals surface area contributed by atoms with E-state index >= 15 is 0 Å². The van der Waals surface area contributed by atoms with Crippen LogP contribution < -0.4 is 0 Å². The van der Waals surface area contributed by atoms with Crippen molar-refractivity contribution in [2.75, 3.05) is 26.4 Å². The van der Waals surface area contributed by atoms with Crippen molar-refractivity contribution in [3.05, 3.63) is 36.1 Å². The van der Waals surface area contributed by atoms with E-state index in [0.29, 0.717) is 19.4 Å². The summed E-state index contributed by atoms with van der Waals surface area (Å²) in [5, 5.41) is 49.5. The lowest BCUT2D eigenvalue weighted by Crippen LogP contribution is -2.11. The SMILES string of the molecule is C=C(C)C(=O)O.C=C(C)C(=O)O.CCCOC=C(C)C(=O)O.OCCCC(CO)CO. The summed E-state index contributed by atoms with van der Waals surface area (Å²) in [6.45, 7) is 13.4. The Morgan fingerprint density at radius 1 is 0.871 bits per heavy atom. The number of carboxylic acids is 3. The molecule has 0 aromatic heterocycles. The van der Waals surface area contributed by atoms with Gasteiger partial charge in [0.05, 0.1) is 18.4 Å². The van der Waals surface area contributed by atoms with Gasteiger partial charge in [-0.3, -0.25) is 0 Å². The van der Waals surface area contributed by atoms with Gasteiger partial charge in [0.15, 0.2) is 0 Å². The average molecular weight is 451 g/mol. The molecule has 31 heavy (non-hydrogen) atoms. The second-order valence-electron chi connectivity index (χ2n) is 6.24. The summed E-state index contributed by atoms with van der Waals surface area (Å²) in [6, 6.07) is 0. The molecule has 0 amide bonds. The minimum absolute atomic E-state index is 0.0104. The highest BCUT2D eigenvalue weighted by Crippen LogP contribution is 2.02. The Morgan fingerprint density at radius 3 is 1.48 bits per heavy atom. The highest BCUT2D eigenvalue weighted by molar-refractivity contribution is 5.85. The third kappa shape index (κ3) is 35.1. The normalized spacial score (nSPS) is 9.61. The molecule has 0 aromatic carbocycles. The monoisotopic (exact) mass is 450 g/mol. The average Bonchev–Trinajstić information content (AvgIpc) is 2.70. The van der Waals surface area contributed by atoms with E-state index in [1.54, 1.807) is 0 Å². The molecule has 6 N–H and O–H groups in total. The molecule has 182 valence electrons. The Hall–Kier alpha value is -2.69. The first-order chi connectivity index (χ1) is 14.3. The van der Waals surface area contributed by atoms with E-state index in [-0.39, 0.29) is 42.5 Å². The molecule has 0 unspecified atom stereocenters. The van der Waals surface area contributed by atoms with E-state index in [9.17, 15) is 14.4 Å². The predicted octanol–water partition coefficient (Wildman–Crippen LogP) is 2.06. The second kappa shape index (κ2) is 25.3. The predicted molar refractivity (Wildman–Crippen MR) is 117 cm³/mol. The first-order valence-corrected chi connectivity index (χ1v) is 9.43. The molecular formula is C21H38O10. The van der Waals surface area contributed by atoms with Crippen LogP contribution in [0.25, 0.3) is 0 Å². The number of aliphatic hydroxyl groups excluding tert-OH is 3. The van der Waals surface area contributed by atoms with Gasteiger partial charge >= 0.3 is 17.9 Å². The van der Waals surface area contributed by atoms with E-state index in [1.807, 2.05) is 6.92 Å². The zero-order valence-corrected chi connectivity index (χ0v) is 18.8. The van der Waals surface area contributed by atoms with Crippen LogP contribution in [0.15, 0.2) is 36.1 Å². The number of rotatable bonds is 11. The van der Waals surface area contributed by atoms with E-state index in [4.69, 9.17) is 35.4 Å². The zero-order chi connectivity index (χ0) is 25.4. The molecule has 10 heteroatoms. The zero-order valence-electron chi connectivity index (χ0n) is 18.8. The molecule has 0 saturated heterocycles.